The summed E-state index contributed by atoms with van der Waals surface area (Å²) >= 11 is 0. The zero-order valence-corrected chi connectivity index (χ0v) is 27.0. The van der Waals surface area contributed by atoms with Crippen molar-refractivity contribution in [3.63, 3.8) is 0 Å². The molecule has 0 bridgehead atoms. The standard InChI is InChI=1S/C44H29N5/c1-30(23-40(28-47)31(2)26-45)32-11-17-42(18-12-32)49(44-21-15-35(16-22-44)38-9-10-39(27-46)41(25-38)29-48)43-19-13-34(14-20-43)37-8-7-33-5-3-4-6-36(33)24-37/h3-25H,1-2H3/b30-23+,40-31-. The molecule has 0 aliphatic heterocycles. The average molecular weight is 628 g/mol. The smallest absolute Gasteiger partial charge is 0.101 e. The first-order chi connectivity index (χ1) is 23.9. The third kappa shape index (κ3) is 6.70. The first-order valence-corrected chi connectivity index (χ1v) is 15.7. The van der Waals surface area contributed by atoms with Crippen molar-refractivity contribution in [1.29, 1.82) is 21.0 Å². The predicted molar refractivity (Wildman–Crippen MR) is 197 cm³/mol. The fourth-order valence-corrected chi connectivity index (χ4v) is 5.79. The Morgan fingerprint density at radius 1 is 0.510 bits per heavy atom. The molecule has 0 heterocycles. The van der Waals surface area contributed by atoms with Crippen LogP contribution in [-0.4, -0.2) is 0 Å². The second-order valence-corrected chi connectivity index (χ2v) is 11.6. The van der Waals surface area contributed by atoms with E-state index in [4.69, 9.17) is 0 Å². The van der Waals surface area contributed by atoms with Gasteiger partial charge in [0.15, 0.2) is 0 Å². The maximum atomic E-state index is 9.54. The van der Waals surface area contributed by atoms with E-state index < -0.39 is 0 Å². The van der Waals surface area contributed by atoms with Gasteiger partial charge < -0.3 is 4.90 Å². The summed E-state index contributed by atoms with van der Waals surface area (Å²) < 4.78 is 0. The Bertz CT molecular complexity index is 2420. The minimum atomic E-state index is 0.349. The molecule has 0 fully saturated rings. The Labute approximate surface area is 286 Å². The van der Waals surface area contributed by atoms with Crippen molar-refractivity contribution < 1.29 is 0 Å². The van der Waals surface area contributed by atoms with Gasteiger partial charge in [0.25, 0.3) is 0 Å². The largest absolute Gasteiger partial charge is 0.311 e. The molecule has 0 saturated carbocycles. The molecule has 0 aliphatic rings. The van der Waals surface area contributed by atoms with E-state index in [0.29, 0.717) is 22.3 Å². The van der Waals surface area contributed by atoms with Crippen LogP contribution < -0.4 is 4.90 Å². The van der Waals surface area contributed by atoms with Gasteiger partial charge in [-0.15, -0.1) is 0 Å². The number of fused-ring (bicyclic) bond motifs is 1. The Morgan fingerprint density at radius 3 is 1.57 bits per heavy atom. The van der Waals surface area contributed by atoms with Crippen LogP contribution >= 0.6 is 0 Å². The molecule has 0 saturated heterocycles. The number of rotatable bonds is 7. The number of benzene rings is 6. The Balaban J connectivity index is 1.38. The minimum absolute atomic E-state index is 0.349. The summed E-state index contributed by atoms with van der Waals surface area (Å²) in [4.78, 5) is 2.18. The normalized spacial score (nSPS) is 11.4. The lowest BCUT2D eigenvalue weighted by Gasteiger charge is -2.26. The van der Waals surface area contributed by atoms with E-state index in [0.717, 1.165) is 50.5 Å². The van der Waals surface area contributed by atoms with E-state index in [1.807, 2.05) is 67.6 Å². The van der Waals surface area contributed by atoms with Crippen LogP contribution in [-0.2, 0) is 0 Å². The summed E-state index contributed by atoms with van der Waals surface area (Å²) in [5.74, 6) is 0. The van der Waals surface area contributed by atoms with Crippen molar-refractivity contribution in [2.24, 2.45) is 0 Å². The molecule has 5 heteroatoms. The first kappa shape index (κ1) is 31.8. The van der Waals surface area contributed by atoms with E-state index in [2.05, 4.69) is 89.8 Å². The molecule has 6 aromatic rings. The van der Waals surface area contributed by atoms with Crippen molar-refractivity contribution in [3.05, 3.63) is 167 Å². The third-order valence-corrected chi connectivity index (χ3v) is 8.56. The SMILES string of the molecule is C/C(C#N)=C(C#N)\C=C(/C)c1ccc(N(c2ccc(-c3ccc(C#N)c(C#N)c3)cc2)c2ccc(-c3ccc4ccccc4c3)cc2)cc1. The van der Waals surface area contributed by atoms with Crippen LogP contribution in [0, 0.1) is 45.3 Å². The molecule has 0 aromatic heterocycles. The molecule has 0 atom stereocenters. The van der Waals surface area contributed by atoms with Gasteiger partial charge in [-0.25, -0.2) is 0 Å². The second-order valence-electron chi connectivity index (χ2n) is 11.6. The summed E-state index contributed by atoms with van der Waals surface area (Å²) in [5, 5.41) is 40.1. The van der Waals surface area contributed by atoms with Gasteiger partial charge in [0.1, 0.15) is 18.2 Å². The Hall–Kier alpha value is -7.18. The number of nitriles is 4. The molecule has 0 unspecified atom stereocenters. The van der Waals surface area contributed by atoms with Gasteiger partial charge in [-0.3, -0.25) is 0 Å². The number of nitrogens with zero attached hydrogens (tertiary/aromatic N) is 5. The van der Waals surface area contributed by atoms with Gasteiger partial charge in [-0.2, -0.15) is 21.0 Å². The van der Waals surface area contributed by atoms with Gasteiger partial charge in [0.2, 0.25) is 0 Å². The summed E-state index contributed by atoms with van der Waals surface area (Å²) in [6.07, 6.45) is 1.75. The number of hydrogen-bond donors (Lipinski definition) is 0. The summed E-state index contributed by atoms with van der Waals surface area (Å²) in [6.45, 7) is 3.57. The van der Waals surface area contributed by atoms with Gasteiger partial charge in [0, 0.05) is 22.6 Å². The van der Waals surface area contributed by atoms with Gasteiger partial charge in [-0.1, -0.05) is 78.9 Å². The zero-order valence-electron chi connectivity index (χ0n) is 27.0. The molecule has 6 aromatic carbocycles. The molecule has 230 valence electrons. The van der Waals surface area contributed by atoms with Crippen molar-refractivity contribution in [3.8, 4) is 46.5 Å². The molecule has 6 rings (SSSR count). The lowest BCUT2D eigenvalue weighted by Crippen LogP contribution is -2.10. The second kappa shape index (κ2) is 14.1. The van der Waals surface area contributed by atoms with Gasteiger partial charge >= 0.3 is 0 Å². The summed E-state index contributed by atoms with van der Waals surface area (Å²) in [7, 11) is 0. The quantitative estimate of drug-likeness (QED) is 0.129. The highest BCUT2D eigenvalue weighted by atomic mass is 15.1. The maximum absolute atomic E-state index is 9.54. The van der Waals surface area contributed by atoms with Crippen LogP contribution in [0.15, 0.2) is 151 Å². The molecular formula is C44H29N5. The van der Waals surface area contributed by atoms with E-state index >= 15 is 0 Å². The lowest BCUT2D eigenvalue weighted by molar-refractivity contribution is 1.28. The van der Waals surface area contributed by atoms with Crippen molar-refractivity contribution in [2.45, 2.75) is 13.8 Å². The first-order valence-electron chi connectivity index (χ1n) is 15.7. The molecule has 0 amide bonds. The minimum Gasteiger partial charge on any atom is -0.311 e. The zero-order chi connectivity index (χ0) is 34.3. The molecule has 0 N–H and O–H groups in total. The van der Waals surface area contributed by atoms with E-state index in [1.165, 1.54) is 10.8 Å². The van der Waals surface area contributed by atoms with Crippen LogP contribution in [0.5, 0.6) is 0 Å². The number of anilines is 3. The lowest BCUT2D eigenvalue weighted by atomic mass is 9.99. The molecule has 0 spiro atoms. The van der Waals surface area contributed by atoms with E-state index in [1.54, 1.807) is 25.1 Å². The van der Waals surface area contributed by atoms with Gasteiger partial charge in [0.05, 0.1) is 22.8 Å². The van der Waals surface area contributed by atoms with Crippen LogP contribution in [0.4, 0.5) is 17.1 Å². The molecule has 49 heavy (non-hydrogen) atoms. The highest BCUT2D eigenvalue weighted by Gasteiger charge is 2.15. The van der Waals surface area contributed by atoms with Crippen molar-refractivity contribution in [1.82, 2.24) is 0 Å². The van der Waals surface area contributed by atoms with Crippen molar-refractivity contribution in [2.75, 3.05) is 4.90 Å². The van der Waals surface area contributed by atoms with Crippen LogP contribution in [0.1, 0.15) is 30.5 Å². The number of allylic oxidation sites excluding steroid dienone is 4. The Morgan fingerprint density at radius 2 is 1.02 bits per heavy atom. The number of hydrogen-bond acceptors (Lipinski definition) is 5. The molecule has 5 nitrogen and oxygen atoms in total. The average Bonchev–Trinajstić information content (AvgIpc) is 3.17. The Kier molecular flexibility index (Phi) is 9.13. The third-order valence-electron chi connectivity index (χ3n) is 8.56. The fourth-order valence-electron chi connectivity index (χ4n) is 5.79. The molecule has 0 radical (unpaired) electrons. The summed E-state index contributed by atoms with van der Waals surface area (Å²) in [5.41, 5.74) is 10.2. The highest BCUT2D eigenvalue weighted by Crippen LogP contribution is 2.38. The van der Waals surface area contributed by atoms with Crippen LogP contribution in [0.25, 0.3) is 38.6 Å². The monoisotopic (exact) mass is 627 g/mol. The molecular weight excluding hydrogens is 599 g/mol. The maximum Gasteiger partial charge on any atom is 0.101 e. The predicted octanol–water partition coefficient (Wildman–Crippen LogP) is 11.2. The van der Waals surface area contributed by atoms with Crippen LogP contribution in [0.3, 0.4) is 0 Å². The van der Waals surface area contributed by atoms with E-state index in [9.17, 15) is 21.0 Å². The highest BCUT2D eigenvalue weighted by molar-refractivity contribution is 5.88. The topological polar surface area (TPSA) is 98.4 Å². The van der Waals surface area contributed by atoms with E-state index in [-0.39, 0.29) is 0 Å². The van der Waals surface area contributed by atoms with Gasteiger partial charge in [-0.05, 0) is 119 Å². The summed E-state index contributed by atoms with van der Waals surface area (Å²) in [6, 6.07) is 53.3. The fraction of sp³-hybridized carbons (Fsp3) is 0.0455. The van der Waals surface area contributed by atoms with Crippen molar-refractivity contribution >= 4 is 33.4 Å². The molecule has 0 aliphatic carbocycles. The van der Waals surface area contributed by atoms with Crippen LogP contribution in [0.2, 0.25) is 0 Å².